The Kier molecular flexibility index (Phi) is 3.92. The lowest BCUT2D eigenvalue weighted by atomic mass is 9.98. The Morgan fingerprint density at radius 3 is 2.94 bits per heavy atom. The van der Waals surface area contributed by atoms with Crippen molar-refractivity contribution in [2.45, 2.75) is 25.2 Å². The molecule has 18 heavy (non-hydrogen) atoms. The van der Waals surface area contributed by atoms with Gasteiger partial charge in [0, 0.05) is 30.4 Å². The number of amides is 1. The predicted molar refractivity (Wildman–Crippen MR) is 72.1 cm³/mol. The lowest BCUT2D eigenvalue weighted by molar-refractivity contribution is -0.116. The standard InChI is InChI=1S/C15H18N2O/c1-2-3-4-7-14(18)17-12-15(8-9-15)13-6-5-10-16-11-13/h2-7,10-11H,8-9,12H2,1H3,(H,17,18)/b3-2+,7-4+. The molecule has 3 heteroatoms. The van der Waals surface area contributed by atoms with Gasteiger partial charge in [-0.3, -0.25) is 9.78 Å². The van der Waals surface area contributed by atoms with Crippen LogP contribution in [-0.4, -0.2) is 17.4 Å². The van der Waals surface area contributed by atoms with Gasteiger partial charge in [-0.2, -0.15) is 0 Å². The van der Waals surface area contributed by atoms with E-state index in [0.29, 0.717) is 6.54 Å². The molecule has 1 heterocycles. The zero-order chi connectivity index (χ0) is 12.8. The fourth-order valence-corrected chi connectivity index (χ4v) is 1.96. The lowest BCUT2D eigenvalue weighted by Gasteiger charge is -2.15. The van der Waals surface area contributed by atoms with Crippen molar-refractivity contribution < 1.29 is 4.79 Å². The van der Waals surface area contributed by atoms with Crippen molar-refractivity contribution in [1.29, 1.82) is 0 Å². The normalized spacial score (nSPS) is 17.2. The zero-order valence-electron chi connectivity index (χ0n) is 10.6. The van der Waals surface area contributed by atoms with Gasteiger partial charge >= 0.3 is 0 Å². The quantitative estimate of drug-likeness (QED) is 0.636. The Labute approximate surface area is 108 Å². The monoisotopic (exact) mass is 242 g/mol. The van der Waals surface area contributed by atoms with Crippen LogP contribution in [0.25, 0.3) is 0 Å². The van der Waals surface area contributed by atoms with Gasteiger partial charge < -0.3 is 5.32 Å². The number of nitrogens with one attached hydrogen (secondary N) is 1. The summed E-state index contributed by atoms with van der Waals surface area (Å²) in [6.45, 7) is 2.61. The first-order valence-electron chi connectivity index (χ1n) is 6.24. The van der Waals surface area contributed by atoms with Crippen LogP contribution in [0.1, 0.15) is 25.3 Å². The van der Waals surface area contributed by atoms with E-state index in [0.717, 1.165) is 12.8 Å². The van der Waals surface area contributed by atoms with E-state index in [1.165, 1.54) is 5.56 Å². The first-order valence-corrected chi connectivity index (χ1v) is 6.24. The van der Waals surface area contributed by atoms with Crippen molar-refractivity contribution in [2.24, 2.45) is 0 Å². The van der Waals surface area contributed by atoms with E-state index >= 15 is 0 Å². The number of hydrogen-bond donors (Lipinski definition) is 1. The zero-order valence-corrected chi connectivity index (χ0v) is 10.6. The molecule has 0 aliphatic heterocycles. The number of aromatic nitrogens is 1. The number of pyridine rings is 1. The predicted octanol–water partition coefficient (Wildman–Crippen LogP) is 2.36. The maximum atomic E-state index is 11.6. The molecule has 0 radical (unpaired) electrons. The van der Waals surface area contributed by atoms with E-state index in [9.17, 15) is 4.79 Å². The summed E-state index contributed by atoms with van der Waals surface area (Å²) < 4.78 is 0. The second-order valence-electron chi connectivity index (χ2n) is 4.62. The molecule has 1 aromatic heterocycles. The first kappa shape index (κ1) is 12.6. The van der Waals surface area contributed by atoms with Crippen LogP contribution in [0.5, 0.6) is 0 Å². The summed E-state index contributed by atoms with van der Waals surface area (Å²) in [5.74, 6) is -0.0386. The molecule has 94 valence electrons. The molecule has 0 atom stereocenters. The highest BCUT2D eigenvalue weighted by molar-refractivity contribution is 5.87. The molecule has 1 saturated carbocycles. The minimum absolute atomic E-state index is 0.0386. The first-order chi connectivity index (χ1) is 8.77. The van der Waals surface area contributed by atoms with Crippen LogP contribution < -0.4 is 5.32 Å². The molecule has 0 bridgehead atoms. The highest BCUT2D eigenvalue weighted by Gasteiger charge is 2.44. The molecule has 2 rings (SSSR count). The van der Waals surface area contributed by atoms with Crippen LogP contribution in [-0.2, 0) is 10.2 Å². The second-order valence-corrected chi connectivity index (χ2v) is 4.62. The topological polar surface area (TPSA) is 42.0 Å². The number of rotatable bonds is 5. The molecule has 0 aromatic carbocycles. The summed E-state index contributed by atoms with van der Waals surface area (Å²) in [7, 11) is 0. The molecule has 1 aromatic rings. The Balaban J connectivity index is 1.89. The highest BCUT2D eigenvalue weighted by Crippen LogP contribution is 2.47. The molecular weight excluding hydrogens is 224 g/mol. The molecule has 0 unspecified atom stereocenters. The van der Waals surface area contributed by atoms with E-state index in [2.05, 4.69) is 16.4 Å². The minimum Gasteiger partial charge on any atom is -0.352 e. The fraction of sp³-hybridized carbons (Fsp3) is 0.333. The number of carbonyl (C=O) groups is 1. The summed E-state index contributed by atoms with van der Waals surface area (Å²) in [6, 6.07) is 4.03. The van der Waals surface area contributed by atoms with Crippen LogP contribution in [0.4, 0.5) is 0 Å². The van der Waals surface area contributed by atoms with Gasteiger partial charge in [-0.1, -0.05) is 24.3 Å². The van der Waals surface area contributed by atoms with Gasteiger partial charge in [0.1, 0.15) is 0 Å². The van der Waals surface area contributed by atoms with Gasteiger partial charge in [0.15, 0.2) is 0 Å². The Morgan fingerprint density at radius 1 is 1.50 bits per heavy atom. The summed E-state index contributed by atoms with van der Waals surface area (Å²) in [4.78, 5) is 15.7. The number of nitrogens with zero attached hydrogens (tertiary/aromatic N) is 1. The lowest BCUT2D eigenvalue weighted by Crippen LogP contribution is -2.31. The third-order valence-corrected chi connectivity index (χ3v) is 3.28. The van der Waals surface area contributed by atoms with Crippen LogP contribution in [0, 0.1) is 0 Å². The van der Waals surface area contributed by atoms with Crippen molar-refractivity contribution >= 4 is 5.91 Å². The van der Waals surface area contributed by atoms with Gasteiger partial charge in [-0.25, -0.2) is 0 Å². The fourth-order valence-electron chi connectivity index (χ4n) is 1.96. The molecule has 0 spiro atoms. The molecule has 1 aliphatic carbocycles. The van der Waals surface area contributed by atoms with Gasteiger partial charge in [0.25, 0.3) is 0 Å². The highest BCUT2D eigenvalue weighted by atomic mass is 16.1. The van der Waals surface area contributed by atoms with E-state index in [1.54, 1.807) is 18.3 Å². The van der Waals surface area contributed by atoms with Gasteiger partial charge in [0.2, 0.25) is 5.91 Å². The van der Waals surface area contributed by atoms with Crippen molar-refractivity contribution in [1.82, 2.24) is 10.3 Å². The Bertz CT molecular complexity index is 459. The molecule has 1 aliphatic rings. The maximum Gasteiger partial charge on any atom is 0.244 e. The van der Waals surface area contributed by atoms with Gasteiger partial charge in [-0.05, 0) is 31.4 Å². The summed E-state index contributed by atoms with van der Waals surface area (Å²) in [6.07, 6.45) is 13.0. The number of hydrogen-bond acceptors (Lipinski definition) is 2. The van der Waals surface area contributed by atoms with Crippen LogP contribution in [0.15, 0.2) is 48.8 Å². The molecule has 1 fully saturated rings. The average Bonchev–Trinajstić information content (AvgIpc) is 3.19. The number of allylic oxidation sites excluding steroid dienone is 3. The molecule has 3 nitrogen and oxygen atoms in total. The Morgan fingerprint density at radius 2 is 2.33 bits per heavy atom. The van der Waals surface area contributed by atoms with Crippen molar-refractivity contribution in [2.75, 3.05) is 6.54 Å². The van der Waals surface area contributed by atoms with E-state index in [1.807, 2.05) is 31.3 Å². The SMILES string of the molecule is C/C=C/C=C/C(=O)NCC1(c2cccnc2)CC1. The second kappa shape index (κ2) is 5.63. The largest absolute Gasteiger partial charge is 0.352 e. The maximum absolute atomic E-state index is 11.6. The third-order valence-electron chi connectivity index (χ3n) is 3.28. The smallest absolute Gasteiger partial charge is 0.244 e. The number of carbonyl (C=O) groups excluding carboxylic acids is 1. The van der Waals surface area contributed by atoms with Crippen LogP contribution in [0.3, 0.4) is 0 Å². The van der Waals surface area contributed by atoms with Crippen molar-refractivity contribution in [3.8, 4) is 0 Å². The van der Waals surface area contributed by atoms with E-state index < -0.39 is 0 Å². The van der Waals surface area contributed by atoms with Crippen LogP contribution in [0.2, 0.25) is 0 Å². The average molecular weight is 242 g/mol. The van der Waals surface area contributed by atoms with Crippen molar-refractivity contribution in [3.05, 3.63) is 54.4 Å². The molecular formula is C15H18N2O. The van der Waals surface area contributed by atoms with E-state index in [4.69, 9.17) is 0 Å². The van der Waals surface area contributed by atoms with Gasteiger partial charge in [-0.15, -0.1) is 0 Å². The Hall–Kier alpha value is -1.90. The summed E-state index contributed by atoms with van der Waals surface area (Å²) >= 11 is 0. The molecule has 1 N–H and O–H groups in total. The summed E-state index contributed by atoms with van der Waals surface area (Å²) in [5, 5.41) is 2.96. The van der Waals surface area contributed by atoms with Gasteiger partial charge in [0.05, 0.1) is 0 Å². The van der Waals surface area contributed by atoms with Crippen molar-refractivity contribution in [3.63, 3.8) is 0 Å². The van der Waals surface area contributed by atoms with E-state index in [-0.39, 0.29) is 11.3 Å². The molecule has 0 saturated heterocycles. The minimum atomic E-state index is -0.0386. The van der Waals surface area contributed by atoms with Crippen LogP contribution >= 0.6 is 0 Å². The molecule has 1 amide bonds. The third kappa shape index (κ3) is 3.06. The summed E-state index contributed by atoms with van der Waals surface area (Å²) in [5.41, 5.74) is 1.35.